The Balaban J connectivity index is 1.64. The van der Waals surface area contributed by atoms with E-state index >= 15 is 0 Å². The Morgan fingerprint density at radius 2 is 1.86 bits per heavy atom. The lowest BCUT2D eigenvalue weighted by atomic mass is 10.1. The summed E-state index contributed by atoms with van der Waals surface area (Å²) in [6.45, 7) is 0.816. The standard InChI is InChI=1S/C20H19F2N5O/c21-13-1-4-16(5-2-13)26-7-8-27(18-6-3-14(22)9-19(18)26)20(28)17(23)10-15-11-24-12-25-15/h1-6,9,11-12,17H,7-8,10,23H2,(H,24,25)/t17-/m1/s1. The zero-order valence-electron chi connectivity index (χ0n) is 15.0. The van der Waals surface area contributed by atoms with Crippen LogP contribution in [0.2, 0.25) is 0 Å². The van der Waals surface area contributed by atoms with Crippen LogP contribution < -0.4 is 15.5 Å². The molecular weight excluding hydrogens is 364 g/mol. The number of aromatic amines is 1. The second-order valence-electron chi connectivity index (χ2n) is 6.64. The van der Waals surface area contributed by atoms with E-state index in [-0.39, 0.29) is 11.7 Å². The lowest BCUT2D eigenvalue weighted by molar-refractivity contribution is -0.119. The molecule has 0 fully saturated rings. The van der Waals surface area contributed by atoms with Crippen molar-refractivity contribution in [3.8, 4) is 0 Å². The molecule has 28 heavy (non-hydrogen) atoms. The molecule has 0 saturated carbocycles. The molecule has 6 nitrogen and oxygen atoms in total. The molecule has 8 heteroatoms. The fourth-order valence-electron chi connectivity index (χ4n) is 3.42. The first kappa shape index (κ1) is 18.1. The van der Waals surface area contributed by atoms with E-state index in [0.29, 0.717) is 30.9 Å². The summed E-state index contributed by atoms with van der Waals surface area (Å²) in [7, 11) is 0. The number of nitrogens with one attached hydrogen (secondary N) is 1. The maximum atomic E-state index is 14.0. The minimum absolute atomic E-state index is 0.249. The summed E-state index contributed by atoms with van der Waals surface area (Å²) >= 11 is 0. The molecule has 1 amide bonds. The number of carbonyl (C=O) groups excluding carboxylic acids is 1. The number of imidazole rings is 1. The summed E-state index contributed by atoms with van der Waals surface area (Å²) in [5, 5.41) is 0. The SMILES string of the molecule is N[C@H](Cc1cnc[nH]1)C(=O)N1CCN(c2ccc(F)cc2)c2cc(F)ccc21. The van der Waals surface area contributed by atoms with Crippen molar-refractivity contribution in [3.63, 3.8) is 0 Å². The van der Waals surface area contributed by atoms with Gasteiger partial charge in [-0.05, 0) is 42.5 Å². The Morgan fingerprint density at radius 3 is 2.57 bits per heavy atom. The van der Waals surface area contributed by atoms with Crippen LogP contribution in [-0.2, 0) is 11.2 Å². The van der Waals surface area contributed by atoms with Crippen molar-refractivity contribution in [3.05, 3.63) is 72.3 Å². The molecule has 0 radical (unpaired) electrons. The summed E-state index contributed by atoms with van der Waals surface area (Å²) in [4.78, 5) is 23.3. The summed E-state index contributed by atoms with van der Waals surface area (Å²) in [6, 6.07) is 9.47. The molecule has 0 saturated heterocycles. The van der Waals surface area contributed by atoms with E-state index in [2.05, 4.69) is 9.97 Å². The van der Waals surface area contributed by atoms with E-state index in [0.717, 1.165) is 11.4 Å². The van der Waals surface area contributed by atoms with Crippen LogP contribution in [0.3, 0.4) is 0 Å². The van der Waals surface area contributed by atoms with Gasteiger partial charge in [0.25, 0.3) is 0 Å². The van der Waals surface area contributed by atoms with Crippen molar-refractivity contribution in [1.29, 1.82) is 0 Å². The summed E-state index contributed by atoms with van der Waals surface area (Å²) in [6.07, 6.45) is 3.49. The Hall–Kier alpha value is -3.26. The molecule has 2 heterocycles. The number of benzene rings is 2. The van der Waals surface area contributed by atoms with Gasteiger partial charge in [-0.15, -0.1) is 0 Å². The van der Waals surface area contributed by atoms with Gasteiger partial charge in [-0.1, -0.05) is 0 Å². The highest BCUT2D eigenvalue weighted by Crippen LogP contribution is 2.38. The minimum Gasteiger partial charge on any atom is -0.348 e. The molecule has 1 aliphatic rings. The van der Waals surface area contributed by atoms with Crippen LogP contribution in [0.25, 0.3) is 0 Å². The Bertz CT molecular complexity index is 975. The molecule has 0 aliphatic carbocycles. The van der Waals surface area contributed by atoms with E-state index < -0.39 is 11.9 Å². The number of H-pyrrole nitrogens is 1. The fraction of sp³-hybridized carbons (Fsp3) is 0.200. The lowest BCUT2D eigenvalue weighted by Gasteiger charge is -2.38. The van der Waals surface area contributed by atoms with Gasteiger partial charge in [-0.25, -0.2) is 13.8 Å². The van der Waals surface area contributed by atoms with Crippen LogP contribution in [-0.4, -0.2) is 35.0 Å². The number of aromatic nitrogens is 2. The summed E-state index contributed by atoms with van der Waals surface area (Å²) < 4.78 is 27.2. The third kappa shape index (κ3) is 3.46. The van der Waals surface area contributed by atoms with Gasteiger partial charge in [0, 0.05) is 37.1 Å². The Kier molecular flexibility index (Phi) is 4.79. The number of rotatable bonds is 4. The number of nitrogens with zero attached hydrogens (tertiary/aromatic N) is 3. The van der Waals surface area contributed by atoms with Crippen LogP contribution in [0.1, 0.15) is 5.69 Å². The second-order valence-corrected chi connectivity index (χ2v) is 6.64. The van der Waals surface area contributed by atoms with Crippen molar-refractivity contribution in [2.45, 2.75) is 12.5 Å². The zero-order chi connectivity index (χ0) is 19.7. The van der Waals surface area contributed by atoms with E-state index in [1.54, 1.807) is 29.3 Å². The number of nitrogens with two attached hydrogens (primary N) is 1. The first-order valence-electron chi connectivity index (χ1n) is 8.90. The largest absolute Gasteiger partial charge is 0.348 e. The van der Waals surface area contributed by atoms with Crippen LogP contribution >= 0.6 is 0 Å². The molecule has 4 rings (SSSR count). The van der Waals surface area contributed by atoms with Gasteiger partial charge in [0.05, 0.1) is 23.7 Å². The third-order valence-corrected chi connectivity index (χ3v) is 4.78. The molecule has 0 unspecified atom stereocenters. The average Bonchev–Trinajstić information content (AvgIpc) is 3.20. The number of hydrogen-bond acceptors (Lipinski definition) is 4. The molecule has 2 aromatic carbocycles. The molecule has 0 spiro atoms. The third-order valence-electron chi connectivity index (χ3n) is 4.78. The van der Waals surface area contributed by atoms with E-state index in [9.17, 15) is 13.6 Å². The number of amides is 1. The molecule has 0 bridgehead atoms. The Morgan fingerprint density at radius 1 is 1.11 bits per heavy atom. The van der Waals surface area contributed by atoms with Crippen LogP contribution in [0.5, 0.6) is 0 Å². The molecule has 1 aromatic heterocycles. The van der Waals surface area contributed by atoms with Crippen molar-refractivity contribution < 1.29 is 13.6 Å². The molecule has 1 atom stereocenters. The van der Waals surface area contributed by atoms with Crippen molar-refractivity contribution in [2.75, 3.05) is 22.9 Å². The number of anilines is 3. The van der Waals surface area contributed by atoms with Crippen LogP contribution in [0.4, 0.5) is 25.8 Å². The van der Waals surface area contributed by atoms with Gasteiger partial charge in [0.15, 0.2) is 0 Å². The molecule has 1 aliphatic heterocycles. The van der Waals surface area contributed by atoms with E-state index in [1.165, 1.54) is 30.6 Å². The highest BCUT2D eigenvalue weighted by molar-refractivity contribution is 6.01. The zero-order valence-corrected chi connectivity index (χ0v) is 15.0. The van der Waals surface area contributed by atoms with Gasteiger partial charge in [-0.2, -0.15) is 0 Å². The molecule has 3 aromatic rings. The maximum absolute atomic E-state index is 14.0. The number of carbonyl (C=O) groups is 1. The number of hydrogen-bond donors (Lipinski definition) is 2. The first-order chi connectivity index (χ1) is 13.5. The number of halogens is 2. The summed E-state index contributed by atoms with van der Waals surface area (Å²) in [5.74, 6) is -1.01. The predicted octanol–water partition coefficient (Wildman–Crippen LogP) is 2.74. The van der Waals surface area contributed by atoms with Gasteiger partial charge >= 0.3 is 0 Å². The lowest BCUT2D eigenvalue weighted by Crippen LogP contribution is -2.50. The highest BCUT2D eigenvalue weighted by Gasteiger charge is 2.31. The van der Waals surface area contributed by atoms with Crippen molar-refractivity contribution in [1.82, 2.24) is 9.97 Å². The van der Waals surface area contributed by atoms with Gasteiger partial charge < -0.3 is 20.5 Å². The van der Waals surface area contributed by atoms with Crippen molar-refractivity contribution >= 4 is 23.0 Å². The maximum Gasteiger partial charge on any atom is 0.244 e. The number of fused-ring (bicyclic) bond motifs is 1. The van der Waals surface area contributed by atoms with Crippen LogP contribution in [0, 0.1) is 11.6 Å². The fourth-order valence-corrected chi connectivity index (χ4v) is 3.42. The second kappa shape index (κ2) is 7.40. The Labute approximate surface area is 160 Å². The van der Waals surface area contributed by atoms with E-state index in [1.807, 2.05) is 4.90 Å². The highest BCUT2D eigenvalue weighted by atomic mass is 19.1. The average molecular weight is 383 g/mol. The smallest absolute Gasteiger partial charge is 0.244 e. The van der Waals surface area contributed by atoms with Gasteiger partial charge in [-0.3, -0.25) is 4.79 Å². The molecule has 3 N–H and O–H groups in total. The topological polar surface area (TPSA) is 78.2 Å². The predicted molar refractivity (Wildman–Crippen MR) is 102 cm³/mol. The molecule has 144 valence electrons. The van der Waals surface area contributed by atoms with Crippen molar-refractivity contribution in [2.24, 2.45) is 5.73 Å². The van der Waals surface area contributed by atoms with Crippen LogP contribution in [0.15, 0.2) is 55.0 Å². The minimum atomic E-state index is -0.754. The quantitative estimate of drug-likeness (QED) is 0.726. The first-order valence-corrected chi connectivity index (χ1v) is 8.90. The monoisotopic (exact) mass is 383 g/mol. The summed E-state index contributed by atoms with van der Waals surface area (Å²) in [5.41, 5.74) is 8.73. The normalized spacial score (nSPS) is 14.7. The van der Waals surface area contributed by atoms with Gasteiger partial charge in [0.1, 0.15) is 11.6 Å². The van der Waals surface area contributed by atoms with E-state index in [4.69, 9.17) is 5.73 Å². The molecular formula is C20H19F2N5O. The van der Waals surface area contributed by atoms with Gasteiger partial charge in [0.2, 0.25) is 5.91 Å².